The molecule has 2 N–H and O–H groups in total. The molecule has 2 heterocycles. The Morgan fingerprint density at radius 1 is 1.09 bits per heavy atom. The molecule has 9 heteroatoms. The molecule has 2 aromatic heterocycles. The van der Waals surface area contributed by atoms with Crippen LogP contribution in [0.15, 0.2) is 48.0 Å². The summed E-state index contributed by atoms with van der Waals surface area (Å²) in [6, 6.07) is 11.7. The highest BCUT2D eigenvalue weighted by Crippen LogP contribution is 2.35. The van der Waals surface area contributed by atoms with Crippen LogP contribution in [0.5, 0.6) is 0 Å². The Morgan fingerprint density at radius 2 is 1.91 bits per heavy atom. The molecule has 0 saturated heterocycles. The van der Waals surface area contributed by atoms with Crippen LogP contribution in [0.3, 0.4) is 0 Å². The van der Waals surface area contributed by atoms with Crippen LogP contribution in [0.25, 0.3) is 21.1 Å². The van der Waals surface area contributed by atoms with Crippen molar-refractivity contribution in [2.24, 2.45) is 0 Å². The molecule has 0 spiro atoms. The van der Waals surface area contributed by atoms with Crippen molar-refractivity contribution in [3.63, 3.8) is 0 Å². The van der Waals surface area contributed by atoms with E-state index in [1.807, 2.05) is 25.1 Å². The maximum Gasteiger partial charge on any atom is 0.433 e. The van der Waals surface area contributed by atoms with E-state index in [0.717, 1.165) is 41.1 Å². The Hall–Kier alpha value is -3.20. The number of fused-ring (bicyclic) bond motifs is 2. The van der Waals surface area contributed by atoms with E-state index < -0.39 is 11.9 Å². The zero-order valence-electron chi connectivity index (χ0n) is 18.4. The summed E-state index contributed by atoms with van der Waals surface area (Å²) in [5.74, 6) is -0.148. The van der Waals surface area contributed by atoms with Crippen LogP contribution in [0, 0.1) is 6.92 Å². The lowest BCUT2D eigenvalue weighted by molar-refractivity contribution is -0.140. The molecule has 2 atom stereocenters. The summed E-state index contributed by atoms with van der Waals surface area (Å²) >= 11 is 1.43. The minimum absolute atomic E-state index is 0.0644. The van der Waals surface area contributed by atoms with E-state index in [4.69, 9.17) is 0 Å². The third kappa shape index (κ3) is 4.57. The monoisotopic (exact) mass is 484 g/mol. The number of carbonyl (C=O) groups excluding carboxylic acids is 1. The number of hydrogen-bond acceptors (Lipinski definition) is 5. The van der Waals surface area contributed by atoms with Gasteiger partial charge in [0, 0.05) is 23.2 Å². The lowest BCUT2D eigenvalue weighted by atomic mass is 9.90. The van der Waals surface area contributed by atoms with E-state index in [-0.39, 0.29) is 18.0 Å². The van der Waals surface area contributed by atoms with Crippen LogP contribution in [0.1, 0.15) is 47.3 Å². The minimum Gasteiger partial charge on any atom is -0.382 e. The molecule has 0 aliphatic heterocycles. The first-order chi connectivity index (χ1) is 16.3. The Kier molecular flexibility index (Phi) is 5.89. The molecule has 1 aliphatic rings. The predicted molar refractivity (Wildman–Crippen MR) is 128 cm³/mol. The van der Waals surface area contributed by atoms with Gasteiger partial charge in [0.25, 0.3) is 5.91 Å². The first kappa shape index (κ1) is 22.6. The van der Waals surface area contributed by atoms with Gasteiger partial charge in [-0.2, -0.15) is 13.2 Å². The fourth-order valence-corrected chi connectivity index (χ4v) is 5.41. The predicted octanol–water partition coefficient (Wildman–Crippen LogP) is 6.32. The SMILES string of the molecule is Cc1ccc2nc(C(F)(F)F)cc(N[C@H]3CCC[C@@H](NC(=O)c4cccc5ncsc45)C3)c2c1. The van der Waals surface area contributed by atoms with Crippen LogP contribution in [0.4, 0.5) is 18.9 Å². The molecule has 5 rings (SSSR count). The molecular formula is C25H23F3N4OS. The first-order valence-electron chi connectivity index (χ1n) is 11.2. The van der Waals surface area contributed by atoms with E-state index in [9.17, 15) is 18.0 Å². The van der Waals surface area contributed by atoms with Gasteiger partial charge < -0.3 is 10.6 Å². The van der Waals surface area contributed by atoms with Crippen molar-refractivity contribution in [3.8, 4) is 0 Å². The molecule has 2 aromatic carbocycles. The van der Waals surface area contributed by atoms with E-state index >= 15 is 0 Å². The lowest BCUT2D eigenvalue weighted by Crippen LogP contribution is -2.41. The number of amides is 1. The lowest BCUT2D eigenvalue weighted by Gasteiger charge is -2.31. The van der Waals surface area contributed by atoms with Gasteiger partial charge in [0.05, 0.1) is 26.8 Å². The number of carbonyl (C=O) groups is 1. The third-order valence-corrected chi connectivity index (χ3v) is 7.10. The number of hydrogen-bond donors (Lipinski definition) is 2. The summed E-state index contributed by atoms with van der Waals surface area (Å²) in [6.45, 7) is 1.90. The second kappa shape index (κ2) is 8.87. The van der Waals surface area contributed by atoms with Gasteiger partial charge in [-0.05, 0) is 62.9 Å². The smallest absolute Gasteiger partial charge is 0.382 e. The second-order valence-corrected chi connectivity index (χ2v) is 9.61. The molecule has 0 radical (unpaired) electrons. The normalized spacial score (nSPS) is 18.8. The van der Waals surface area contributed by atoms with Gasteiger partial charge in [0.15, 0.2) is 0 Å². The Labute approximate surface area is 198 Å². The molecular weight excluding hydrogens is 461 g/mol. The Bertz CT molecular complexity index is 1370. The minimum atomic E-state index is -4.53. The number of nitrogens with one attached hydrogen (secondary N) is 2. The summed E-state index contributed by atoms with van der Waals surface area (Å²) in [7, 11) is 0. The van der Waals surface area contributed by atoms with E-state index in [2.05, 4.69) is 20.6 Å². The van der Waals surface area contributed by atoms with Crippen LogP contribution in [-0.4, -0.2) is 28.0 Å². The zero-order chi connectivity index (χ0) is 23.9. The van der Waals surface area contributed by atoms with Crippen molar-refractivity contribution in [1.82, 2.24) is 15.3 Å². The topological polar surface area (TPSA) is 66.9 Å². The second-order valence-electron chi connectivity index (χ2n) is 8.76. The van der Waals surface area contributed by atoms with Gasteiger partial charge >= 0.3 is 6.18 Å². The number of pyridine rings is 1. The van der Waals surface area contributed by atoms with Gasteiger partial charge in [0.2, 0.25) is 0 Å². The first-order valence-corrected chi connectivity index (χ1v) is 12.0. The number of rotatable bonds is 4. The largest absolute Gasteiger partial charge is 0.433 e. The molecule has 4 aromatic rings. The van der Waals surface area contributed by atoms with Crippen molar-refractivity contribution >= 4 is 44.1 Å². The fraction of sp³-hybridized carbons (Fsp3) is 0.320. The molecule has 1 saturated carbocycles. The summed E-state index contributed by atoms with van der Waals surface area (Å²) in [6.07, 6.45) is -1.40. The quantitative estimate of drug-likeness (QED) is 0.356. The molecule has 1 aliphatic carbocycles. The van der Waals surface area contributed by atoms with Crippen LogP contribution < -0.4 is 10.6 Å². The summed E-state index contributed by atoms with van der Waals surface area (Å²) in [4.78, 5) is 21.1. The number of aromatic nitrogens is 2. The molecule has 5 nitrogen and oxygen atoms in total. The number of thiazole rings is 1. The number of halogens is 3. The number of alkyl halides is 3. The van der Waals surface area contributed by atoms with Crippen molar-refractivity contribution in [2.75, 3.05) is 5.32 Å². The van der Waals surface area contributed by atoms with Gasteiger partial charge in [-0.1, -0.05) is 17.7 Å². The van der Waals surface area contributed by atoms with Gasteiger partial charge in [0.1, 0.15) is 5.69 Å². The number of nitrogens with zero attached hydrogens (tertiary/aromatic N) is 2. The summed E-state index contributed by atoms with van der Waals surface area (Å²) in [5.41, 5.74) is 3.88. The zero-order valence-corrected chi connectivity index (χ0v) is 19.3. The van der Waals surface area contributed by atoms with Crippen molar-refractivity contribution in [1.29, 1.82) is 0 Å². The van der Waals surface area contributed by atoms with Crippen molar-refractivity contribution in [3.05, 3.63) is 64.8 Å². The maximum absolute atomic E-state index is 13.5. The van der Waals surface area contributed by atoms with Crippen molar-refractivity contribution in [2.45, 2.75) is 50.9 Å². The standard InChI is InChI=1S/C25H23F3N4OS/c1-14-8-9-19-18(10-14)21(12-22(32-19)25(26,27)28)30-15-4-2-5-16(11-15)31-24(33)17-6-3-7-20-23(17)34-13-29-20/h3,6-10,12-13,15-16H,2,4-5,11H2,1H3,(H,30,32)(H,31,33)/t15-,16+/m0/s1. The van der Waals surface area contributed by atoms with E-state index in [1.165, 1.54) is 11.3 Å². The molecule has 34 heavy (non-hydrogen) atoms. The van der Waals surface area contributed by atoms with Crippen LogP contribution in [0.2, 0.25) is 0 Å². The van der Waals surface area contributed by atoms with E-state index in [1.54, 1.807) is 23.7 Å². The number of benzene rings is 2. The van der Waals surface area contributed by atoms with Gasteiger partial charge in [-0.25, -0.2) is 9.97 Å². The van der Waals surface area contributed by atoms with Gasteiger partial charge in [-0.3, -0.25) is 4.79 Å². The van der Waals surface area contributed by atoms with Crippen LogP contribution >= 0.6 is 11.3 Å². The molecule has 0 bridgehead atoms. The highest BCUT2D eigenvalue weighted by Gasteiger charge is 2.34. The van der Waals surface area contributed by atoms with Gasteiger partial charge in [-0.15, -0.1) is 11.3 Å². The highest BCUT2D eigenvalue weighted by atomic mass is 32.1. The Morgan fingerprint density at radius 3 is 2.74 bits per heavy atom. The summed E-state index contributed by atoms with van der Waals surface area (Å²) < 4.78 is 41.3. The van der Waals surface area contributed by atoms with E-state index in [0.29, 0.717) is 28.6 Å². The average Bonchev–Trinajstić information content (AvgIpc) is 3.28. The molecule has 1 fully saturated rings. The molecule has 176 valence electrons. The van der Waals surface area contributed by atoms with Crippen LogP contribution in [-0.2, 0) is 6.18 Å². The number of aryl methyl sites for hydroxylation is 1. The Balaban J connectivity index is 1.36. The molecule has 0 unspecified atom stereocenters. The fourth-order valence-electron chi connectivity index (χ4n) is 4.60. The van der Waals surface area contributed by atoms with Crippen molar-refractivity contribution < 1.29 is 18.0 Å². The maximum atomic E-state index is 13.5. The number of anilines is 1. The highest BCUT2D eigenvalue weighted by molar-refractivity contribution is 7.17. The summed E-state index contributed by atoms with van der Waals surface area (Å²) in [5, 5.41) is 7.12. The average molecular weight is 485 g/mol. The molecule has 1 amide bonds. The third-order valence-electron chi connectivity index (χ3n) is 6.22.